The van der Waals surface area contributed by atoms with Crippen LogP contribution in [-0.2, 0) is 10.1 Å². The van der Waals surface area contributed by atoms with Gasteiger partial charge < -0.3 is 4.55 Å². The first-order valence-corrected chi connectivity index (χ1v) is 9.89. The maximum Gasteiger partial charge on any atom is 0.124 e. The maximum atomic E-state index is 10.4. The van der Waals surface area contributed by atoms with E-state index in [1.165, 1.54) is 23.4 Å². The Bertz CT molecular complexity index is 613. The summed E-state index contributed by atoms with van der Waals surface area (Å²) in [6.45, 7) is 6.00. The molecule has 2 N–H and O–H groups in total. The number of hydrazone groups is 1. The van der Waals surface area contributed by atoms with Gasteiger partial charge in [-0.3, -0.25) is 0 Å². The standard InChI is InChI=1S/C7H8O3S.C5H9N2.Sb.H/c1-6-2-4-7(5-3-6)11(8,9)10;1-4(2)5(3)7-6;;/h2-5H,1H3,(H,8,9,10);1H,6H2,2-3H3;;/q;;+1;/p-1. The Balaban J connectivity index is 0.000000200. The molecular weight excluding hydrogens is 374 g/mol. The SMILES string of the molecule is CC1=[CH][SbH][N+](N)=C1C.Cc1ccc(S(=O)(=O)[O-])cc1. The third kappa shape index (κ3) is 4.97. The van der Waals surface area contributed by atoms with Crippen LogP contribution in [0.4, 0.5) is 0 Å². The number of rotatable bonds is 1. The first-order valence-electron chi connectivity index (χ1n) is 5.56. The van der Waals surface area contributed by atoms with Crippen molar-refractivity contribution in [3.8, 4) is 0 Å². The molecule has 0 aromatic heterocycles. The Kier molecular flexibility index (Phi) is 5.59. The maximum absolute atomic E-state index is 10.4. The van der Waals surface area contributed by atoms with Gasteiger partial charge in [-0.25, -0.2) is 8.42 Å². The smallest absolute Gasteiger partial charge is 0.124 e. The molecule has 0 spiro atoms. The molecule has 19 heavy (non-hydrogen) atoms. The second kappa shape index (κ2) is 6.55. The van der Waals surface area contributed by atoms with Crippen LogP contribution < -0.4 is 5.84 Å². The normalized spacial score (nSPS) is 14.8. The molecule has 5 nitrogen and oxygen atoms in total. The second-order valence-electron chi connectivity index (χ2n) is 4.18. The first kappa shape index (κ1) is 16.2. The van der Waals surface area contributed by atoms with E-state index in [0.717, 1.165) is 5.56 Å². The number of allylic oxidation sites excluding steroid dienone is 1. The van der Waals surface area contributed by atoms with Crippen LogP contribution in [0.3, 0.4) is 0 Å². The zero-order valence-corrected chi connectivity index (χ0v) is 14.7. The summed E-state index contributed by atoms with van der Waals surface area (Å²) < 4.78 is 35.4. The third-order valence-electron chi connectivity index (χ3n) is 2.66. The monoisotopic (exact) mass is 390 g/mol. The molecule has 0 radical (unpaired) electrons. The number of nitrogens with zero attached hydrogens (tertiary/aromatic N) is 1. The van der Waals surface area contributed by atoms with Crippen molar-refractivity contribution in [2.24, 2.45) is 5.84 Å². The van der Waals surface area contributed by atoms with E-state index in [4.69, 9.17) is 5.84 Å². The predicted octanol–water partition coefficient (Wildman–Crippen LogP) is 0.502. The summed E-state index contributed by atoms with van der Waals surface area (Å²) in [6, 6.07) is 5.78. The molecule has 1 aliphatic heterocycles. The van der Waals surface area contributed by atoms with Crippen LogP contribution in [0, 0.1) is 6.92 Å². The van der Waals surface area contributed by atoms with E-state index in [1.807, 2.05) is 9.77 Å². The minimum absolute atomic E-state index is 0.178. The minimum atomic E-state index is -4.27. The number of hydrogen-bond acceptors (Lipinski definition) is 4. The van der Waals surface area contributed by atoms with E-state index in [9.17, 15) is 13.0 Å². The van der Waals surface area contributed by atoms with E-state index in [-0.39, 0.29) is 4.90 Å². The number of benzene rings is 1. The van der Waals surface area contributed by atoms with Crippen molar-refractivity contribution in [2.45, 2.75) is 25.7 Å². The molecule has 1 aliphatic rings. The number of hydrogen-bond donors (Lipinski definition) is 1. The van der Waals surface area contributed by atoms with Crippen molar-refractivity contribution in [1.29, 1.82) is 0 Å². The summed E-state index contributed by atoms with van der Waals surface area (Å²) in [7, 11) is -4.27. The number of nitrogens with two attached hydrogens (primary N) is 1. The van der Waals surface area contributed by atoms with E-state index in [2.05, 4.69) is 17.9 Å². The van der Waals surface area contributed by atoms with Crippen molar-refractivity contribution in [3.63, 3.8) is 0 Å². The van der Waals surface area contributed by atoms with Gasteiger partial charge in [-0.05, 0) is 19.1 Å². The molecule has 0 saturated carbocycles. The quantitative estimate of drug-likeness (QED) is 0.429. The van der Waals surface area contributed by atoms with Crippen LogP contribution in [0.5, 0.6) is 0 Å². The fraction of sp³-hybridized carbons (Fsp3) is 0.250. The van der Waals surface area contributed by atoms with Crippen molar-refractivity contribution in [1.82, 2.24) is 0 Å². The zero-order valence-electron chi connectivity index (χ0n) is 11.0. The molecule has 1 aromatic carbocycles. The first-order chi connectivity index (χ1) is 8.71. The van der Waals surface area contributed by atoms with Crippen LogP contribution in [0.25, 0.3) is 0 Å². The van der Waals surface area contributed by atoms with Crippen LogP contribution in [0.2, 0.25) is 0 Å². The van der Waals surface area contributed by atoms with Crippen LogP contribution in [0.15, 0.2) is 38.8 Å². The summed E-state index contributed by atoms with van der Waals surface area (Å²) in [6.07, 6.45) is 0. The van der Waals surface area contributed by atoms with E-state index >= 15 is 0 Å². The van der Waals surface area contributed by atoms with Crippen molar-refractivity contribution < 1.29 is 15.8 Å². The van der Waals surface area contributed by atoms with Gasteiger partial charge in [0.15, 0.2) is 0 Å². The Morgan fingerprint density at radius 3 is 1.95 bits per heavy atom. The van der Waals surface area contributed by atoms with Gasteiger partial charge in [0.05, 0.1) is 4.90 Å². The van der Waals surface area contributed by atoms with Crippen LogP contribution >= 0.6 is 0 Å². The van der Waals surface area contributed by atoms with Gasteiger partial charge in [0, 0.05) is 0 Å². The van der Waals surface area contributed by atoms with Crippen LogP contribution in [0.1, 0.15) is 19.4 Å². The molecule has 104 valence electrons. The van der Waals surface area contributed by atoms with Crippen molar-refractivity contribution in [2.75, 3.05) is 0 Å². The number of hydrazine groups is 1. The molecule has 0 bridgehead atoms. The summed E-state index contributed by atoms with van der Waals surface area (Å²) in [5, 5.41) is 0. The molecule has 1 heterocycles. The Morgan fingerprint density at radius 1 is 1.16 bits per heavy atom. The molecule has 2 rings (SSSR count). The second-order valence-corrected chi connectivity index (χ2v) is 8.49. The molecule has 0 unspecified atom stereocenters. The Hall–Kier alpha value is -0.842. The molecule has 0 aliphatic carbocycles. The Morgan fingerprint density at radius 2 is 1.68 bits per heavy atom. The van der Waals surface area contributed by atoms with Crippen LogP contribution in [-0.4, -0.2) is 43.4 Å². The average Bonchev–Trinajstić information content (AvgIpc) is 2.61. The molecular formula is C12H17N2O3SSb. The number of aryl methyl sites for hydroxylation is 1. The van der Waals surface area contributed by atoms with Crippen molar-refractivity contribution >= 4 is 37.7 Å². The topological polar surface area (TPSA) is 86.2 Å². The molecule has 1 aromatic rings. The predicted molar refractivity (Wildman–Crippen MR) is 75.2 cm³/mol. The summed E-state index contributed by atoms with van der Waals surface area (Å²) >= 11 is -0.459. The molecule has 0 amide bonds. The molecule has 0 saturated heterocycles. The van der Waals surface area contributed by atoms with Gasteiger partial charge in [-0.1, -0.05) is 17.7 Å². The molecule has 7 heteroatoms. The summed E-state index contributed by atoms with van der Waals surface area (Å²) in [5.74, 6) is 5.59. The summed E-state index contributed by atoms with van der Waals surface area (Å²) in [5.41, 5.74) is 3.56. The summed E-state index contributed by atoms with van der Waals surface area (Å²) in [4.78, 5) is -0.178. The fourth-order valence-corrected chi connectivity index (χ4v) is 4.33. The van der Waals surface area contributed by atoms with Gasteiger partial charge in [0.1, 0.15) is 10.1 Å². The van der Waals surface area contributed by atoms with Gasteiger partial charge in [0.25, 0.3) is 0 Å². The molecule has 0 atom stereocenters. The van der Waals surface area contributed by atoms with Gasteiger partial charge in [-0.15, -0.1) is 0 Å². The van der Waals surface area contributed by atoms with Crippen molar-refractivity contribution in [3.05, 3.63) is 39.4 Å². The largest absolute Gasteiger partial charge is 0.744 e. The molecule has 0 fully saturated rings. The third-order valence-corrected chi connectivity index (χ3v) is 6.87. The minimum Gasteiger partial charge on any atom is -0.744 e. The Labute approximate surface area is 124 Å². The van der Waals surface area contributed by atoms with E-state index in [1.54, 1.807) is 12.1 Å². The van der Waals surface area contributed by atoms with Gasteiger partial charge >= 0.3 is 59.7 Å². The van der Waals surface area contributed by atoms with Gasteiger partial charge in [0.2, 0.25) is 0 Å². The van der Waals surface area contributed by atoms with E-state index < -0.39 is 32.0 Å². The van der Waals surface area contributed by atoms with Gasteiger partial charge in [-0.2, -0.15) is 0 Å². The average molecular weight is 391 g/mol. The zero-order chi connectivity index (χ0) is 14.6. The van der Waals surface area contributed by atoms with E-state index in [0.29, 0.717) is 0 Å². The fourth-order valence-electron chi connectivity index (χ4n) is 1.26.